The van der Waals surface area contributed by atoms with Crippen LogP contribution >= 0.6 is 11.6 Å². The van der Waals surface area contributed by atoms with E-state index >= 15 is 0 Å². The molecule has 0 amide bonds. The standard InChI is InChI=1S/C10H13ClO2/c1-2-12-8-13-7-9-3-5-10(11)6-4-9/h3-6H,2,7-8H2,1H3. The Balaban J connectivity index is 2.25. The van der Waals surface area contributed by atoms with Gasteiger partial charge in [-0.3, -0.25) is 0 Å². The van der Waals surface area contributed by atoms with E-state index in [1.54, 1.807) is 0 Å². The van der Waals surface area contributed by atoms with E-state index in [1.807, 2.05) is 31.2 Å². The number of halogens is 1. The van der Waals surface area contributed by atoms with E-state index < -0.39 is 0 Å². The van der Waals surface area contributed by atoms with Crippen LogP contribution in [0.2, 0.25) is 5.02 Å². The van der Waals surface area contributed by atoms with Gasteiger partial charge in [-0.2, -0.15) is 0 Å². The van der Waals surface area contributed by atoms with Gasteiger partial charge in [-0.15, -0.1) is 0 Å². The zero-order valence-electron chi connectivity index (χ0n) is 7.63. The fraction of sp³-hybridized carbons (Fsp3) is 0.400. The topological polar surface area (TPSA) is 18.5 Å². The number of benzene rings is 1. The van der Waals surface area contributed by atoms with E-state index in [1.165, 1.54) is 0 Å². The van der Waals surface area contributed by atoms with Crippen LogP contribution in [0.15, 0.2) is 24.3 Å². The summed E-state index contributed by atoms with van der Waals surface area (Å²) in [5, 5.41) is 0.744. The Kier molecular flexibility index (Phi) is 4.83. The van der Waals surface area contributed by atoms with Crippen molar-refractivity contribution in [3.8, 4) is 0 Å². The fourth-order valence-electron chi connectivity index (χ4n) is 0.882. The summed E-state index contributed by atoms with van der Waals surface area (Å²) in [4.78, 5) is 0. The van der Waals surface area contributed by atoms with Crippen molar-refractivity contribution >= 4 is 11.6 Å². The van der Waals surface area contributed by atoms with Crippen molar-refractivity contribution in [1.82, 2.24) is 0 Å². The Morgan fingerprint density at radius 2 is 1.85 bits per heavy atom. The van der Waals surface area contributed by atoms with Gasteiger partial charge in [-0.05, 0) is 24.6 Å². The molecule has 1 rings (SSSR count). The van der Waals surface area contributed by atoms with Crippen LogP contribution in [0.3, 0.4) is 0 Å². The molecule has 0 spiro atoms. The highest BCUT2D eigenvalue weighted by Crippen LogP contribution is 2.09. The zero-order valence-corrected chi connectivity index (χ0v) is 8.38. The first-order chi connectivity index (χ1) is 6.33. The number of hydrogen-bond donors (Lipinski definition) is 0. The Hall–Kier alpha value is -0.570. The molecule has 0 saturated carbocycles. The molecule has 0 fully saturated rings. The first-order valence-electron chi connectivity index (χ1n) is 4.23. The van der Waals surface area contributed by atoms with Crippen molar-refractivity contribution < 1.29 is 9.47 Å². The van der Waals surface area contributed by atoms with E-state index in [4.69, 9.17) is 21.1 Å². The molecule has 72 valence electrons. The van der Waals surface area contributed by atoms with Crippen LogP contribution in [0, 0.1) is 0 Å². The van der Waals surface area contributed by atoms with Crippen LogP contribution in [-0.2, 0) is 16.1 Å². The molecule has 13 heavy (non-hydrogen) atoms. The SMILES string of the molecule is CCOCOCc1ccc(Cl)cc1. The summed E-state index contributed by atoms with van der Waals surface area (Å²) < 4.78 is 10.3. The van der Waals surface area contributed by atoms with Gasteiger partial charge in [0.2, 0.25) is 0 Å². The number of hydrogen-bond acceptors (Lipinski definition) is 2. The van der Waals surface area contributed by atoms with Crippen molar-refractivity contribution in [3.63, 3.8) is 0 Å². The van der Waals surface area contributed by atoms with Gasteiger partial charge in [0.1, 0.15) is 6.79 Å². The lowest BCUT2D eigenvalue weighted by Crippen LogP contribution is -1.99. The van der Waals surface area contributed by atoms with Crippen molar-refractivity contribution in [1.29, 1.82) is 0 Å². The fourth-order valence-corrected chi connectivity index (χ4v) is 1.01. The molecule has 2 nitrogen and oxygen atoms in total. The zero-order chi connectivity index (χ0) is 9.52. The Bertz CT molecular complexity index is 233. The van der Waals surface area contributed by atoms with Gasteiger partial charge >= 0.3 is 0 Å². The molecule has 1 aromatic rings. The van der Waals surface area contributed by atoms with E-state index in [9.17, 15) is 0 Å². The molecule has 0 atom stereocenters. The smallest absolute Gasteiger partial charge is 0.147 e. The maximum atomic E-state index is 5.73. The van der Waals surface area contributed by atoms with Crippen LogP contribution in [-0.4, -0.2) is 13.4 Å². The molecule has 0 aliphatic carbocycles. The lowest BCUT2D eigenvalue weighted by molar-refractivity contribution is -0.0571. The molecular weight excluding hydrogens is 188 g/mol. The van der Waals surface area contributed by atoms with E-state index in [0.29, 0.717) is 20.0 Å². The van der Waals surface area contributed by atoms with Gasteiger partial charge in [0, 0.05) is 11.6 Å². The van der Waals surface area contributed by atoms with Gasteiger partial charge in [0.25, 0.3) is 0 Å². The summed E-state index contributed by atoms with van der Waals surface area (Å²) in [6.45, 7) is 3.53. The summed E-state index contributed by atoms with van der Waals surface area (Å²) in [5.74, 6) is 0. The predicted molar refractivity (Wildman–Crippen MR) is 52.7 cm³/mol. The number of rotatable bonds is 5. The third-order valence-corrected chi connectivity index (χ3v) is 1.80. The molecule has 0 aromatic heterocycles. The highest BCUT2D eigenvalue weighted by Gasteiger charge is 1.92. The van der Waals surface area contributed by atoms with Crippen LogP contribution < -0.4 is 0 Å². The number of ether oxygens (including phenoxy) is 2. The quantitative estimate of drug-likeness (QED) is 0.538. The highest BCUT2D eigenvalue weighted by molar-refractivity contribution is 6.30. The Morgan fingerprint density at radius 1 is 1.15 bits per heavy atom. The van der Waals surface area contributed by atoms with Gasteiger partial charge in [-0.25, -0.2) is 0 Å². The van der Waals surface area contributed by atoms with Crippen molar-refractivity contribution in [3.05, 3.63) is 34.9 Å². The molecule has 0 heterocycles. The van der Waals surface area contributed by atoms with Gasteiger partial charge in [0.05, 0.1) is 6.61 Å². The average molecular weight is 201 g/mol. The maximum Gasteiger partial charge on any atom is 0.147 e. The molecule has 0 bridgehead atoms. The van der Waals surface area contributed by atoms with E-state index in [2.05, 4.69) is 0 Å². The second-order valence-electron chi connectivity index (χ2n) is 2.59. The molecule has 3 heteroatoms. The molecule has 0 unspecified atom stereocenters. The molecule has 0 aliphatic rings. The lowest BCUT2D eigenvalue weighted by atomic mass is 10.2. The van der Waals surface area contributed by atoms with Crippen molar-refractivity contribution in [2.45, 2.75) is 13.5 Å². The second kappa shape index (κ2) is 5.97. The van der Waals surface area contributed by atoms with E-state index in [-0.39, 0.29) is 0 Å². The summed E-state index contributed by atoms with van der Waals surface area (Å²) in [6.07, 6.45) is 0. The summed E-state index contributed by atoms with van der Waals surface area (Å²) in [5.41, 5.74) is 1.10. The average Bonchev–Trinajstić information content (AvgIpc) is 2.15. The van der Waals surface area contributed by atoms with Crippen molar-refractivity contribution in [2.75, 3.05) is 13.4 Å². The minimum absolute atomic E-state index is 0.346. The predicted octanol–water partition coefficient (Wildman–Crippen LogP) is 2.85. The first-order valence-corrected chi connectivity index (χ1v) is 4.60. The van der Waals surface area contributed by atoms with Gasteiger partial charge in [0.15, 0.2) is 0 Å². The maximum absolute atomic E-state index is 5.73. The monoisotopic (exact) mass is 200 g/mol. The molecule has 0 radical (unpaired) electrons. The van der Waals surface area contributed by atoms with Crippen LogP contribution in [0.1, 0.15) is 12.5 Å². The van der Waals surface area contributed by atoms with E-state index in [0.717, 1.165) is 10.6 Å². The Morgan fingerprint density at radius 3 is 2.46 bits per heavy atom. The molecule has 1 aromatic carbocycles. The largest absolute Gasteiger partial charge is 0.356 e. The Labute approximate surface area is 83.4 Å². The van der Waals surface area contributed by atoms with Gasteiger partial charge < -0.3 is 9.47 Å². The third kappa shape index (κ3) is 4.27. The molecular formula is C10H13ClO2. The van der Waals surface area contributed by atoms with Crippen LogP contribution in [0.4, 0.5) is 0 Å². The molecule has 0 aliphatic heterocycles. The molecule has 0 saturated heterocycles. The second-order valence-corrected chi connectivity index (χ2v) is 3.02. The van der Waals surface area contributed by atoms with Gasteiger partial charge in [-0.1, -0.05) is 23.7 Å². The summed E-state index contributed by atoms with van der Waals surface area (Å²) >= 11 is 5.73. The van der Waals surface area contributed by atoms with Crippen LogP contribution in [0.25, 0.3) is 0 Å². The summed E-state index contributed by atoms with van der Waals surface area (Å²) in [6, 6.07) is 7.57. The van der Waals surface area contributed by atoms with Crippen LogP contribution in [0.5, 0.6) is 0 Å². The third-order valence-electron chi connectivity index (χ3n) is 1.55. The minimum atomic E-state index is 0.346. The highest BCUT2D eigenvalue weighted by atomic mass is 35.5. The molecule has 0 N–H and O–H groups in total. The normalized spacial score (nSPS) is 10.3. The summed E-state index contributed by atoms with van der Waals surface area (Å²) in [7, 11) is 0. The minimum Gasteiger partial charge on any atom is -0.356 e. The first kappa shape index (κ1) is 10.5. The lowest BCUT2D eigenvalue weighted by Gasteiger charge is -2.03. The van der Waals surface area contributed by atoms with Crippen molar-refractivity contribution in [2.24, 2.45) is 0 Å².